The molecule has 0 radical (unpaired) electrons. The molecule has 0 bridgehead atoms. The zero-order valence-electron chi connectivity index (χ0n) is 15.6. The molecule has 26 heavy (non-hydrogen) atoms. The third-order valence-electron chi connectivity index (χ3n) is 4.06. The lowest BCUT2D eigenvalue weighted by Gasteiger charge is -2.22. The Balaban J connectivity index is 2.03. The molecule has 2 aromatic carbocycles. The number of amides is 1. The van der Waals surface area contributed by atoms with Crippen LogP contribution in [0.5, 0.6) is 11.5 Å². The number of nitrogens with zero attached hydrogens (tertiary/aromatic N) is 1. The number of anilines is 2. The highest BCUT2D eigenvalue weighted by atomic mass is 35.5. The average Bonchev–Trinajstić information content (AvgIpc) is 2.63. The highest BCUT2D eigenvalue weighted by molar-refractivity contribution is 6.32. The van der Waals surface area contributed by atoms with Crippen molar-refractivity contribution in [1.82, 2.24) is 0 Å². The fourth-order valence-corrected chi connectivity index (χ4v) is 2.97. The summed E-state index contributed by atoms with van der Waals surface area (Å²) in [6.07, 6.45) is 0.357. The first-order valence-corrected chi connectivity index (χ1v) is 8.90. The van der Waals surface area contributed by atoms with E-state index in [1.807, 2.05) is 38.1 Å². The number of hydrogen-bond acceptors (Lipinski definition) is 4. The van der Waals surface area contributed by atoms with Crippen molar-refractivity contribution in [1.29, 1.82) is 0 Å². The van der Waals surface area contributed by atoms with Crippen molar-refractivity contribution in [2.75, 3.05) is 37.5 Å². The molecule has 2 aromatic rings. The molecule has 0 aliphatic carbocycles. The van der Waals surface area contributed by atoms with Crippen LogP contribution in [0.25, 0.3) is 0 Å². The van der Waals surface area contributed by atoms with Gasteiger partial charge in [0, 0.05) is 37.3 Å². The van der Waals surface area contributed by atoms with Gasteiger partial charge in [0.2, 0.25) is 5.91 Å². The minimum Gasteiger partial charge on any atom is -0.495 e. The lowest BCUT2D eigenvalue weighted by Crippen LogP contribution is -2.31. The Labute approximate surface area is 159 Å². The van der Waals surface area contributed by atoms with Gasteiger partial charge < -0.3 is 19.7 Å². The van der Waals surface area contributed by atoms with Gasteiger partial charge in [-0.2, -0.15) is 0 Å². The summed E-state index contributed by atoms with van der Waals surface area (Å²) < 4.78 is 10.6. The highest BCUT2D eigenvalue weighted by Crippen LogP contribution is 2.35. The summed E-state index contributed by atoms with van der Waals surface area (Å²) in [5, 5.41) is 3.70. The second kappa shape index (κ2) is 9.34. The summed E-state index contributed by atoms with van der Waals surface area (Å²) in [5.41, 5.74) is 2.79. The van der Waals surface area contributed by atoms with E-state index in [1.54, 1.807) is 31.3 Å². The Kier molecular flexibility index (Phi) is 7.16. The number of benzene rings is 2. The number of ether oxygens (including phenoxy) is 2. The predicted octanol–water partition coefficient (Wildman–Crippen LogP) is 4.52. The van der Waals surface area contributed by atoms with Crippen molar-refractivity contribution >= 4 is 28.9 Å². The van der Waals surface area contributed by atoms with Gasteiger partial charge in [-0.15, -0.1) is 0 Å². The van der Waals surface area contributed by atoms with Gasteiger partial charge in [0.15, 0.2) is 0 Å². The molecule has 2 rings (SSSR count). The molecule has 0 saturated carbocycles. The minimum absolute atomic E-state index is 0.0606. The van der Waals surface area contributed by atoms with Crippen LogP contribution in [0.15, 0.2) is 36.4 Å². The molecule has 0 heterocycles. The smallest absolute Gasteiger partial charge is 0.228 e. The minimum atomic E-state index is 0.0606. The van der Waals surface area contributed by atoms with Crippen molar-refractivity contribution in [3.8, 4) is 11.5 Å². The highest BCUT2D eigenvalue weighted by Gasteiger charge is 2.15. The quantitative estimate of drug-likeness (QED) is 0.735. The van der Waals surface area contributed by atoms with Crippen LogP contribution in [0.2, 0.25) is 5.02 Å². The fourth-order valence-electron chi connectivity index (χ4n) is 2.74. The summed E-state index contributed by atoms with van der Waals surface area (Å²) in [7, 11) is 3.13. The van der Waals surface area contributed by atoms with Crippen LogP contribution in [0.4, 0.5) is 11.4 Å². The van der Waals surface area contributed by atoms with Crippen molar-refractivity contribution in [2.24, 2.45) is 0 Å². The first-order valence-electron chi connectivity index (χ1n) is 8.52. The van der Waals surface area contributed by atoms with Crippen LogP contribution < -0.4 is 19.7 Å². The van der Waals surface area contributed by atoms with E-state index in [4.69, 9.17) is 21.1 Å². The Morgan fingerprint density at radius 3 is 2.50 bits per heavy atom. The summed E-state index contributed by atoms with van der Waals surface area (Å²) in [6.45, 7) is 5.09. The summed E-state index contributed by atoms with van der Waals surface area (Å²) >= 11 is 6.11. The first-order chi connectivity index (χ1) is 12.5. The number of nitrogens with one attached hydrogen (secondary N) is 1. The Morgan fingerprint density at radius 1 is 1.15 bits per heavy atom. The van der Waals surface area contributed by atoms with Crippen molar-refractivity contribution in [3.05, 3.63) is 47.0 Å². The number of carbonyl (C=O) groups excluding carboxylic acids is 1. The van der Waals surface area contributed by atoms with Crippen molar-refractivity contribution in [3.63, 3.8) is 0 Å². The number of halogens is 1. The molecular formula is C20H25ClN2O3. The lowest BCUT2D eigenvalue weighted by atomic mass is 10.2. The maximum absolute atomic E-state index is 12.6. The summed E-state index contributed by atoms with van der Waals surface area (Å²) in [5.74, 6) is 1.22. The van der Waals surface area contributed by atoms with Gasteiger partial charge in [-0.3, -0.25) is 4.79 Å². The van der Waals surface area contributed by atoms with Gasteiger partial charge in [0.25, 0.3) is 0 Å². The molecule has 1 N–H and O–H groups in total. The number of methoxy groups -OCH3 is 2. The second-order valence-electron chi connectivity index (χ2n) is 5.84. The van der Waals surface area contributed by atoms with Gasteiger partial charge in [-0.05, 0) is 31.5 Å². The van der Waals surface area contributed by atoms with E-state index < -0.39 is 0 Å². The Bertz CT molecular complexity index is 765. The van der Waals surface area contributed by atoms with Gasteiger partial charge >= 0.3 is 0 Å². The number of hydrogen-bond donors (Lipinski definition) is 1. The average molecular weight is 377 g/mol. The maximum atomic E-state index is 12.6. The molecule has 0 aliphatic heterocycles. The van der Waals surface area contributed by atoms with E-state index in [2.05, 4.69) is 5.32 Å². The molecule has 0 spiro atoms. The largest absolute Gasteiger partial charge is 0.495 e. The fraction of sp³-hybridized carbons (Fsp3) is 0.350. The van der Waals surface area contributed by atoms with Crippen LogP contribution in [0.3, 0.4) is 0 Å². The number of aryl methyl sites for hydroxylation is 1. The van der Waals surface area contributed by atoms with Gasteiger partial charge in [-0.25, -0.2) is 0 Å². The van der Waals surface area contributed by atoms with Crippen LogP contribution in [0, 0.1) is 6.92 Å². The Hall–Kier alpha value is -2.40. The molecule has 0 fully saturated rings. The SMILES string of the molecule is CCN(C(=O)CCNc1cc(OC)c(Cl)cc1OC)c1cccc(C)c1. The lowest BCUT2D eigenvalue weighted by molar-refractivity contribution is -0.118. The molecule has 1 amide bonds. The zero-order chi connectivity index (χ0) is 19.1. The van der Waals surface area contributed by atoms with Crippen LogP contribution in [0.1, 0.15) is 18.9 Å². The molecular weight excluding hydrogens is 352 g/mol. The topological polar surface area (TPSA) is 50.8 Å². The van der Waals surface area contributed by atoms with E-state index in [0.717, 1.165) is 16.9 Å². The zero-order valence-corrected chi connectivity index (χ0v) is 16.4. The summed E-state index contributed by atoms with van der Waals surface area (Å²) in [4.78, 5) is 14.4. The molecule has 0 aliphatic rings. The number of carbonyl (C=O) groups is 1. The van der Waals surface area contributed by atoms with E-state index in [0.29, 0.717) is 36.0 Å². The van der Waals surface area contributed by atoms with E-state index in [9.17, 15) is 4.79 Å². The van der Waals surface area contributed by atoms with Gasteiger partial charge in [-0.1, -0.05) is 23.7 Å². The molecule has 140 valence electrons. The molecule has 5 nitrogen and oxygen atoms in total. The standard InChI is InChI=1S/C20H25ClN2O3/c1-5-23(15-8-6-7-14(2)11-15)20(24)9-10-22-17-13-18(25-3)16(21)12-19(17)26-4/h6-8,11-13,22H,5,9-10H2,1-4H3. The normalized spacial score (nSPS) is 10.3. The molecule has 0 unspecified atom stereocenters. The maximum Gasteiger partial charge on any atom is 0.228 e. The molecule has 6 heteroatoms. The van der Waals surface area contributed by atoms with Crippen LogP contribution in [-0.4, -0.2) is 33.2 Å². The van der Waals surface area contributed by atoms with Crippen LogP contribution in [-0.2, 0) is 4.79 Å². The van der Waals surface area contributed by atoms with Crippen LogP contribution >= 0.6 is 11.6 Å². The van der Waals surface area contributed by atoms with Gasteiger partial charge in [0.05, 0.1) is 24.9 Å². The first kappa shape index (κ1) is 19.9. The third kappa shape index (κ3) is 4.82. The second-order valence-corrected chi connectivity index (χ2v) is 6.25. The van der Waals surface area contributed by atoms with Crippen molar-refractivity contribution in [2.45, 2.75) is 20.3 Å². The Morgan fingerprint density at radius 2 is 1.88 bits per heavy atom. The van der Waals surface area contributed by atoms with E-state index >= 15 is 0 Å². The third-order valence-corrected chi connectivity index (χ3v) is 4.35. The van der Waals surface area contributed by atoms with Gasteiger partial charge in [0.1, 0.15) is 11.5 Å². The predicted molar refractivity (Wildman–Crippen MR) is 107 cm³/mol. The monoisotopic (exact) mass is 376 g/mol. The molecule has 0 aromatic heterocycles. The molecule has 0 saturated heterocycles. The van der Waals surface area contributed by atoms with E-state index in [1.165, 1.54) is 0 Å². The van der Waals surface area contributed by atoms with E-state index in [-0.39, 0.29) is 5.91 Å². The summed E-state index contributed by atoms with van der Waals surface area (Å²) in [6, 6.07) is 11.4. The molecule has 0 atom stereocenters. The van der Waals surface area contributed by atoms with Crippen molar-refractivity contribution < 1.29 is 14.3 Å². The number of rotatable bonds is 8.